The lowest BCUT2D eigenvalue weighted by molar-refractivity contribution is -0.114. The first-order chi connectivity index (χ1) is 24.1. The van der Waals surface area contributed by atoms with E-state index >= 15 is 0 Å². The summed E-state index contributed by atoms with van der Waals surface area (Å²) in [6.45, 7) is 1.41. The molecule has 268 valence electrons. The van der Waals surface area contributed by atoms with Crippen LogP contribution in [0.3, 0.4) is 0 Å². The highest BCUT2D eigenvalue weighted by molar-refractivity contribution is 6.34. The maximum Gasteiger partial charge on any atom is 0.252 e. The molecule has 2 amide bonds. The topological polar surface area (TPSA) is 95.5 Å². The van der Waals surface area contributed by atoms with Crippen molar-refractivity contribution in [1.29, 1.82) is 0 Å². The van der Waals surface area contributed by atoms with Gasteiger partial charge in [0.2, 0.25) is 0 Å². The number of benzene rings is 2. The summed E-state index contributed by atoms with van der Waals surface area (Å²) in [6, 6.07) is 10.8. The lowest BCUT2D eigenvalue weighted by Crippen LogP contribution is -2.51. The first-order valence-corrected chi connectivity index (χ1v) is 20.1. The van der Waals surface area contributed by atoms with Crippen LogP contribution in [0.15, 0.2) is 36.4 Å². The van der Waals surface area contributed by atoms with Crippen molar-refractivity contribution in [2.75, 3.05) is 13.1 Å². The lowest BCUT2D eigenvalue weighted by atomic mass is 9.49. The number of aliphatic hydroxyl groups excluding tert-OH is 1. The lowest BCUT2D eigenvalue weighted by Gasteiger charge is -2.56. The van der Waals surface area contributed by atoms with Crippen LogP contribution in [-0.4, -0.2) is 42.4 Å². The van der Waals surface area contributed by atoms with Crippen molar-refractivity contribution >= 4 is 41.3 Å². The fourth-order valence-electron chi connectivity index (χ4n) is 12.6. The molecule has 10 rings (SSSR count). The normalized spacial score (nSPS) is 34.4. The summed E-state index contributed by atoms with van der Waals surface area (Å²) in [5.41, 5.74) is 3.03. The number of halogens is 2. The Morgan fingerprint density at radius 3 is 1.52 bits per heavy atom. The molecule has 2 atom stereocenters. The molecule has 6 nitrogen and oxygen atoms in total. The van der Waals surface area contributed by atoms with Crippen molar-refractivity contribution in [3.05, 3.63) is 68.7 Å². The van der Waals surface area contributed by atoms with E-state index in [-0.39, 0.29) is 22.6 Å². The van der Waals surface area contributed by atoms with Gasteiger partial charge in [0.05, 0.1) is 27.3 Å². The maximum atomic E-state index is 13.4. The van der Waals surface area contributed by atoms with Gasteiger partial charge in [-0.3, -0.25) is 9.59 Å². The third-order valence-electron chi connectivity index (χ3n) is 14.0. The molecule has 0 aliphatic heterocycles. The smallest absolute Gasteiger partial charge is 0.252 e. The summed E-state index contributed by atoms with van der Waals surface area (Å²) < 4.78 is 0. The van der Waals surface area contributed by atoms with E-state index in [0.717, 1.165) is 52.9 Å². The molecular weight excluding hydrogens is 667 g/mol. The number of aliphatic hydroxyl groups is 1. The summed E-state index contributed by atoms with van der Waals surface area (Å²) in [7, 11) is 0. The second-order valence-corrected chi connectivity index (χ2v) is 18.8. The Kier molecular flexibility index (Phi) is 9.61. The van der Waals surface area contributed by atoms with Gasteiger partial charge in [0.25, 0.3) is 11.8 Å². The summed E-state index contributed by atoms with van der Waals surface area (Å²) in [4.78, 5) is 39.0. The molecule has 0 heterocycles. The van der Waals surface area contributed by atoms with Crippen LogP contribution < -0.4 is 10.6 Å². The number of hydrogen-bond donors (Lipinski definition) is 3. The molecule has 8 saturated carbocycles. The SMILES string of the molecule is O=CC(Cc1ccc(Cl)c(C(=O)NCC23CC4CC(CC(C4)C2)C3)c1)C(O)CCc1ccc(Cl)c(C(=O)NCC23CC4CC(CC(C4)C2)C3)c1. The van der Waals surface area contributed by atoms with E-state index in [1.807, 2.05) is 18.2 Å². The van der Waals surface area contributed by atoms with Gasteiger partial charge in [-0.2, -0.15) is 0 Å². The Bertz CT molecular complexity index is 1570. The Morgan fingerprint density at radius 1 is 0.700 bits per heavy atom. The van der Waals surface area contributed by atoms with E-state index in [0.29, 0.717) is 53.5 Å². The third kappa shape index (κ3) is 7.15. The van der Waals surface area contributed by atoms with Gasteiger partial charge in [0.1, 0.15) is 6.29 Å². The minimum Gasteiger partial charge on any atom is -0.392 e. The average molecular weight is 720 g/mol. The standard InChI is InChI=1S/C42H52Cl2N2O4/c43-36-4-1-25(14-34(36)39(49)45-23-41-16-27-7-28(17-41)9-29(8-27)18-41)3-6-38(48)33(22-47)13-26-2-5-37(44)35(15-26)40(50)46-24-42-19-30-10-31(20-42)12-32(11-30)21-42/h1-2,4-5,14-15,22,27-33,38,48H,3,6-13,16-21,23-24H2,(H,45,49)(H,46,50). The fourth-order valence-corrected chi connectivity index (χ4v) is 13.0. The molecule has 0 spiro atoms. The van der Waals surface area contributed by atoms with Crippen molar-refractivity contribution in [3.8, 4) is 0 Å². The van der Waals surface area contributed by atoms with Gasteiger partial charge in [-0.15, -0.1) is 0 Å². The largest absolute Gasteiger partial charge is 0.392 e. The van der Waals surface area contributed by atoms with Crippen LogP contribution in [0, 0.1) is 52.3 Å². The number of aldehydes is 1. The second kappa shape index (κ2) is 13.9. The second-order valence-electron chi connectivity index (χ2n) is 17.9. The first-order valence-electron chi connectivity index (χ1n) is 19.3. The van der Waals surface area contributed by atoms with E-state index in [1.165, 1.54) is 77.0 Å². The Hall–Kier alpha value is -2.41. The van der Waals surface area contributed by atoms with Crippen molar-refractivity contribution in [2.24, 2.45) is 52.3 Å². The number of hydrogen-bond acceptors (Lipinski definition) is 4. The number of carbonyl (C=O) groups is 3. The van der Waals surface area contributed by atoms with Crippen LogP contribution in [0.5, 0.6) is 0 Å². The van der Waals surface area contributed by atoms with Crippen LogP contribution in [0.25, 0.3) is 0 Å². The molecule has 8 aliphatic carbocycles. The van der Waals surface area contributed by atoms with Crippen LogP contribution in [0.2, 0.25) is 10.0 Å². The molecule has 2 aromatic carbocycles. The highest BCUT2D eigenvalue weighted by atomic mass is 35.5. The van der Waals surface area contributed by atoms with E-state index in [4.69, 9.17) is 23.2 Å². The molecule has 50 heavy (non-hydrogen) atoms. The van der Waals surface area contributed by atoms with Gasteiger partial charge in [0, 0.05) is 19.0 Å². The highest BCUT2D eigenvalue weighted by Gasteiger charge is 2.52. The summed E-state index contributed by atoms with van der Waals surface area (Å²) in [6.07, 6.45) is 16.6. The summed E-state index contributed by atoms with van der Waals surface area (Å²) in [5, 5.41) is 18.4. The number of amides is 2. The first kappa shape index (κ1) is 34.7. The number of nitrogens with one attached hydrogen (secondary N) is 2. The van der Waals surface area contributed by atoms with Gasteiger partial charge < -0.3 is 20.5 Å². The molecule has 8 heteroatoms. The molecule has 8 aliphatic rings. The minimum atomic E-state index is -0.888. The minimum absolute atomic E-state index is 0.139. The summed E-state index contributed by atoms with van der Waals surface area (Å²) in [5.74, 6) is 3.98. The highest BCUT2D eigenvalue weighted by Crippen LogP contribution is 2.60. The van der Waals surface area contributed by atoms with E-state index in [2.05, 4.69) is 10.6 Å². The van der Waals surface area contributed by atoms with Crippen LogP contribution in [0.1, 0.15) is 115 Å². The monoisotopic (exact) mass is 718 g/mol. The molecule has 8 fully saturated rings. The molecule has 0 saturated heterocycles. The third-order valence-corrected chi connectivity index (χ3v) is 14.7. The summed E-state index contributed by atoms with van der Waals surface area (Å²) >= 11 is 13.0. The number of carbonyl (C=O) groups excluding carboxylic acids is 3. The molecular formula is C42H52Cl2N2O4. The van der Waals surface area contributed by atoms with Crippen LogP contribution >= 0.6 is 23.2 Å². The van der Waals surface area contributed by atoms with Crippen molar-refractivity contribution in [1.82, 2.24) is 10.6 Å². The zero-order valence-corrected chi connectivity index (χ0v) is 30.6. The molecule has 2 aromatic rings. The molecule has 0 aromatic heterocycles. The molecule has 2 unspecified atom stereocenters. The van der Waals surface area contributed by atoms with Crippen molar-refractivity contribution in [2.45, 2.75) is 102 Å². The van der Waals surface area contributed by atoms with E-state index in [1.54, 1.807) is 18.2 Å². The van der Waals surface area contributed by atoms with Crippen molar-refractivity contribution in [3.63, 3.8) is 0 Å². The van der Waals surface area contributed by atoms with Gasteiger partial charge in [0.15, 0.2) is 0 Å². The Labute approximate surface area is 306 Å². The van der Waals surface area contributed by atoms with Gasteiger partial charge in [-0.05, 0) is 178 Å². The Morgan fingerprint density at radius 2 is 1.10 bits per heavy atom. The van der Waals surface area contributed by atoms with Gasteiger partial charge in [-0.1, -0.05) is 35.3 Å². The van der Waals surface area contributed by atoms with E-state index < -0.39 is 12.0 Å². The Balaban J connectivity index is 0.851. The van der Waals surface area contributed by atoms with Crippen LogP contribution in [-0.2, 0) is 17.6 Å². The maximum absolute atomic E-state index is 13.4. The van der Waals surface area contributed by atoms with Crippen LogP contribution in [0.4, 0.5) is 0 Å². The predicted octanol–water partition coefficient (Wildman–Crippen LogP) is 8.24. The van der Waals surface area contributed by atoms with Crippen molar-refractivity contribution < 1.29 is 19.5 Å². The average Bonchev–Trinajstić information content (AvgIpc) is 3.07. The molecule has 8 bridgehead atoms. The fraction of sp³-hybridized carbons (Fsp3) is 0.643. The quantitative estimate of drug-likeness (QED) is 0.182. The number of rotatable bonds is 13. The zero-order chi connectivity index (χ0) is 34.6. The van der Waals surface area contributed by atoms with Gasteiger partial charge in [-0.25, -0.2) is 0 Å². The predicted molar refractivity (Wildman–Crippen MR) is 196 cm³/mol. The molecule has 0 radical (unpaired) electrons. The molecule has 3 N–H and O–H groups in total. The van der Waals surface area contributed by atoms with E-state index in [9.17, 15) is 19.5 Å². The zero-order valence-electron chi connectivity index (χ0n) is 29.1. The number of aryl methyl sites for hydroxylation is 1. The van der Waals surface area contributed by atoms with Gasteiger partial charge >= 0.3 is 0 Å².